The highest BCUT2D eigenvalue weighted by molar-refractivity contribution is 7.89. The lowest BCUT2D eigenvalue weighted by Gasteiger charge is -2.19. The van der Waals surface area contributed by atoms with E-state index in [1.165, 1.54) is 18.2 Å². The van der Waals surface area contributed by atoms with Crippen molar-refractivity contribution in [1.82, 2.24) is 4.72 Å². The van der Waals surface area contributed by atoms with Crippen molar-refractivity contribution in [2.45, 2.75) is 24.7 Å². The summed E-state index contributed by atoms with van der Waals surface area (Å²) in [5.41, 5.74) is 0.435. The number of nitrogens with one attached hydrogen (secondary N) is 1. The highest BCUT2D eigenvalue weighted by Gasteiger charge is 2.36. The Morgan fingerprint density at radius 3 is 2.70 bits per heavy atom. The van der Waals surface area contributed by atoms with Gasteiger partial charge in [0.1, 0.15) is 5.82 Å². The normalized spacial score (nSPS) is 28.2. The molecule has 1 fully saturated rings. The first-order valence-electron chi connectivity index (χ1n) is 6.90. The molecule has 1 aromatic carbocycles. The highest BCUT2D eigenvalue weighted by Crippen LogP contribution is 2.43. The number of aryl methyl sites for hydroxylation is 1. The van der Waals surface area contributed by atoms with Crippen molar-refractivity contribution in [1.29, 1.82) is 0 Å². The molecule has 0 saturated heterocycles. The molecule has 0 amide bonds. The fraction of sp³-hybridized carbons (Fsp3) is 0.467. The van der Waals surface area contributed by atoms with E-state index < -0.39 is 15.8 Å². The lowest BCUT2D eigenvalue weighted by atomic mass is 9.94. The van der Waals surface area contributed by atoms with Crippen LogP contribution < -0.4 is 4.72 Å². The summed E-state index contributed by atoms with van der Waals surface area (Å²) in [6, 6.07) is 3.75. The maximum absolute atomic E-state index is 13.0. The van der Waals surface area contributed by atoms with Crippen LogP contribution in [0.5, 0.6) is 0 Å². The summed E-state index contributed by atoms with van der Waals surface area (Å²) in [6.45, 7) is 2.07. The second-order valence-corrected chi connectivity index (χ2v) is 7.54. The van der Waals surface area contributed by atoms with Gasteiger partial charge >= 0.3 is 0 Å². The minimum Gasteiger partial charge on any atom is -0.211 e. The molecule has 0 heterocycles. The van der Waals surface area contributed by atoms with Crippen molar-refractivity contribution in [2.24, 2.45) is 17.8 Å². The topological polar surface area (TPSA) is 46.2 Å². The quantitative estimate of drug-likeness (QED) is 0.868. The van der Waals surface area contributed by atoms with Gasteiger partial charge in [-0.15, -0.1) is 0 Å². The maximum Gasteiger partial charge on any atom is 0.240 e. The van der Waals surface area contributed by atoms with Crippen molar-refractivity contribution in [2.75, 3.05) is 6.54 Å². The Labute approximate surface area is 118 Å². The molecule has 1 N–H and O–H groups in total. The molecule has 108 valence electrons. The fourth-order valence-electron chi connectivity index (χ4n) is 3.34. The first kappa shape index (κ1) is 13.8. The third kappa shape index (κ3) is 2.52. The van der Waals surface area contributed by atoms with Crippen LogP contribution in [0.1, 0.15) is 18.4 Å². The number of allylic oxidation sites excluding steroid dienone is 2. The average Bonchev–Trinajstić information content (AvgIpc) is 2.98. The largest absolute Gasteiger partial charge is 0.240 e. The average molecular weight is 295 g/mol. The van der Waals surface area contributed by atoms with Crippen LogP contribution in [0.2, 0.25) is 0 Å². The second-order valence-electron chi connectivity index (χ2n) is 5.80. The van der Waals surface area contributed by atoms with E-state index in [-0.39, 0.29) is 4.90 Å². The van der Waals surface area contributed by atoms with Gasteiger partial charge in [-0.2, -0.15) is 0 Å². The van der Waals surface area contributed by atoms with Gasteiger partial charge in [0.2, 0.25) is 10.0 Å². The smallest absolute Gasteiger partial charge is 0.211 e. The van der Waals surface area contributed by atoms with E-state index >= 15 is 0 Å². The molecule has 0 unspecified atom stereocenters. The minimum absolute atomic E-state index is 0.164. The van der Waals surface area contributed by atoms with Crippen LogP contribution in [0.25, 0.3) is 0 Å². The van der Waals surface area contributed by atoms with Crippen molar-refractivity contribution in [3.63, 3.8) is 0 Å². The van der Waals surface area contributed by atoms with Gasteiger partial charge in [0.25, 0.3) is 0 Å². The summed E-state index contributed by atoms with van der Waals surface area (Å²) in [7, 11) is -3.55. The molecule has 5 heteroatoms. The zero-order valence-electron chi connectivity index (χ0n) is 11.3. The third-order valence-electron chi connectivity index (χ3n) is 4.38. The van der Waals surface area contributed by atoms with Gasteiger partial charge in [-0.3, -0.25) is 0 Å². The van der Waals surface area contributed by atoms with E-state index in [1.54, 1.807) is 6.92 Å². The molecule has 0 aliphatic heterocycles. The van der Waals surface area contributed by atoms with Crippen LogP contribution in [0, 0.1) is 30.5 Å². The van der Waals surface area contributed by atoms with Gasteiger partial charge in [0.05, 0.1) is 4.90 Å². The Kier molecular flexibility index (Phi) is 3.42. The molecule has 1 saturated carbocycles. The first-order valence-corrected chi connectivity index (χ1v) is 8.38. The van der Waals surface area contributed by atoms with Gasteiger partial charge in [-0.1, -0.05) is 12.2 Å². The van der Waals surface area contributed by atoms with Crippen molar-refractivity contribution in [3.8, 4) is 0 Å². The van der Waals surface area contributed by atoms with Crippen LogP contribution in [-0.4, -0.2) is 15.0 Å². The second kappa shape index (κ2) is 4.97. The highest BCUT2D eigenvalue weighted by atomic mass is 32.2. The predicted octanol–water partition coefficient (Wildman–Crippen LogP) is 2.62. The molecule has 3 nitrogen and oxygen atoms in total. The number of sulfonamides is 1. The third-order valence-corrected chi connectivity index (χ3v) is 5.96. The summed E-state index contributed by atoms with van der Waals surface area (Å²) < 4.78 is 40.3. The van der Waals surface area contributed by atoms with Crippen LogP contribution in [-0.2, 0) is 10.0 Å². The van der Waals surface area contributed by atoms with E-state index in [4.69, 9.17) is 0 Å². The van der Waals surface area contributed by atoms with E-state index in [9.17, 15) is 12.8 Å². The Morgan fingerprint density at radius 1 is 1.30 bits per heavy atom. The van der Waals surface area contributed by atoms with E-state index in [0.29, 0.717) is 29.9 Å². The Bertz CT molecular complexity index is 654. The number of fused-ring (bicyclic) bond motifs is 2. The van der Waals surface area contributed by atoms with Gasteiger partial charge in [0.15, 0.2) is 0 Å². The summed E-state index contributed by atoms with van der Waals surface area (Å²) >= 11 is 0. The zero-order valence-corrected chi connectivity index (χ0v) is 12.2. The van der Waals surface area contributed by atoms with E-state index in [2.05, 4.69) is 16.9 Å². The van der Waals surface area contributed by atoms with Crippen LogP contribution >= 0.6 is 0 Å². The molecular weight excluding hydrogens is 277 g/mol. The van der Waals surface area contributed by atoms with Gasteiger partial charge in [-0.05, 0) is 61.3 Å². The Balaban J connectivity index is 1.71. The molecule has 2 aliphatic rings. The molecule has 2 bridgehead atoms. The molecule has 0 radical (unpaired) electrons. The summed E-state index contributed by atoms with van der Waals surface area (Å²) in [6.07, 6.45) is 6.66. The minimum atomic E-state index is -3.55. The van der Waals surface area contributed by atoms with Crippen LogP contribution in [0.15, 0.2) is 35.2 Å². The monoisotopic (exact) mass is 295 g/mol. The Hall–Kier alpha value is -1.20. The van der Waals surface area contributed by atoms with Crippen LogP contribution in [0.4, 0.5) is 4.39 Å². The molecule has 1 aromatic rings. The Morgan fingerprint density at radius 2 is 2.10 bits per heavy atom. The summed E-state index contributed by atoms with van der Waals surface area (Å²) in [5, 5.41) is 0. The van der Waals surface area contributed by atoms with Gasteiger partial charge in [0, 0.05) is 6.54 Å². The standard InChI is InChI=1S/C15H18FNO2S/c1-10-6-14(16)4-5-15(10)20(18,19)17-9-13-8-11-2-3-12(13)7-11/h2-6,11-13,17H,7-9H2,1H3/t11-,12-,13+/m0/s1. The molecule has 0 aromatic heterocycles. The maximum atomic E-state index is 13.0. The van der Waals surface area contributed by atoms with Crippen molar-refractivity contribution < 1.29 is 12.8 Å². The number of hydrogen-bond donors (Lipinski definition) is 1. The SMILES string of the molecule is Cc1cc(F)ccc1S(=O)(=O)NC[C@H]1C[C@H]2C=C[C@H]1C2. The van der Waals surface area contributed by atoms with Crippen molar-refractivity contribution in [3.05, 3.63) is 41.7 Å². The molecule has 0 spiro atoms. The molecular formula is C15H18FNO2S. The first-order chi connectivity index (χ1) is 9.45. The predicted molar refractivity (Wildman–Crippen MR) is 75.2 cm³/mol. The number of halogens is 1. The number of rotatable bonds is 4. The van der Waals surface area contributed by atoms with E-state index in [1.807, 2.05) is 0 Å². The van der Waals surface area contributed by atoms with Crippen molar-refractivity contribution >= 4 is 10.0 Å². The molecule has 2 aliphatic carbocycles. The fourth-order valence-corrected chi connectivity index (χ4v) is 4.66. The number of hydrogen-bond acceptors (Lipinski definition) is 2. The van der Waals surface area contributed by atoms with Gasteiger partial charge in [-0.25, -0.2) is 17.5 Å². The summed E-state index contributed by atoms with van der Waals surface area (Å²) in [5.74, 6) is 1.11. The lowest BCUT2D eigenvalue weighted by Crippen LogP contribution is -2.31. The summed E-state index contributed by atoms with van der Waals surface area (Å²) in [4.78, 5) is 0.164. The molecule has 20 heavy (non-hydrogen) atoms. The van der Waals surface area contributed by atoms with E-state index in [0.717, 1.165) is 12.8 Å². The number of benzene rings is 1. The lowest BCUT2D eigenvalue weighted by molar-refractivity contribution is 0.440. The van der Waals surface area contributed by atoms with Gasteiger partial charge < -0.3 is 0 Å². The van der Waals surface area contributed by atoms with Crippen LogP contribution in [0.3, 0.4) is 0 Å². The zero-order chi connectivity index (χ0) is 14.3. The molecule has 3 atom stereocenters. The molecule has 3 rings (SSSR count).